The molecule has 2 aliphatic carbocycles. The second-order valence-corrected chi connectivity index (χ2v) is 9.91. The van der Waals surface area contributed by atoms with E-state index < -0.39 is 0 Å². The largest absolute Gasteiger partial charge is 0.455 e. The first kappa shape index (κ1) is 16.5. The molecule has 5 heteroatoms. The van der Waals surface area contributed by atoms with Gasteiger partial charge in [-0.3, -0.25) is 4.79 Å². The summed E-state index contributed by atoms with van der Waals surface area (Å²) in [5, 5.41) is 0. The maximum absolute atomic E-state index is 13.0. The van der Waals surface area contributed by atoms with Gasteiger partial charge in [-0.2, -0.15) is 0 Å². The van der Waals surface area contributed by atoms with Crippen LogP contribution in [-0.4, -0.2) is 63.0 Å². The number of likely N-dealkylation sites (N-methyl/N-ethyl adjacent to an activating group) is 1. The van der Waals surface area contributed by atoms with E-state index in [1.807, 2.05) is 0 Å². The molecule has 140 valence electrons. The van der Waals surface area contributed by atoms with Crippen LogP contribution in [0.3, 0.4) is 0 Å². The van der Waals surface area contributed by atoms with E-state index in [9.17, 15) is 4.79 Å². The smallest absolute Gasteiger partial charge is 0.315 e. The average Bonchev–Trinajstić information content (AvgIpc) is 3.20. The van der Waals surface area contributed by atoms with Gasteiger partial charge in [-0.15, -0.1) is 0 Å². The van der Waals surface area contributed by atoms with Crippen molar-refractivity contribution in [3.8, 4) is 0 Å². The molecule has 25 heavy (non-hydrogen) atoms. The molecule has 0 bridgehead atoms. The van der Waals surface area contributed by atoms with Gasteiger partial charge in [0.25, 0.3) is 0 Å². The van der Waals surface area contributed by atoms with Crippen LogP contribution < -0.4 is 9.80 Å². The Kier molecular flexibility index (Phi) is 3.59. The van der Waals surface area contributed by atoms with Gasteiger partial charge in [0.05, 0.1) is 19.2 Å². The van der Waals surface area contributed by atoms with Gasteiger partial charge in [0.1, 0.15) is 43.8 Å². The highest BCUT2D eigenvalue weighted by atomic mass is 16.7. The van der Waals surface area contributed by atoms with Crippen molar-refractivity contribution in [1.29, 1.82) is 0 Å². The lowest BCUT2D eigenvalue weighted by atomic mass is 9.55. The third-order valence-corrected chi connectivity index (χ3v) is 8.41. The van der Waals surface area contributed by atoms with E-state index in [1.165, 1.54) is 32.6 Å². The lowest BCUT2D eigenvalue weighted by molar-refractivity contribution is -1.00. The van der Waals surface area contributed by atoms with Crippen LogP contribution in [0.15, 0.2) is 0 Å². The molecule has 3 saturated heterocycles. The molecule has 0 aromatic rings. The molecular weight excluding hydrogens is 316 g/mol. The Labute approximate surface area is 151 Å². The number of quaternary nitrogens is 2. The van der Waals surface area contributed by atoms with Crippen LogP contribution in [0.1, 0.15) is 39.5 Å². The van der Waals surface area contributed by atoms with E-state index in [0.717, 1.165) is 25.8 Å². The summed E-state index contributed by atoms with van der Waals surface area (Å²) >= 11 is 0. The highest BCUT2D eigenvalue weighted by Gasteiger charge is 2.77. The van der Waals surface area contributed by atoms with Crippen molar-refractivity contribution in [2.24, 2.45) is 23.7 Å². The first-order valence-corrected chi connectivity index (χ1v) is 10.5. The standard InChI is InChI=1S/C20H32N2O3/c1-13-4-5-16-14(12-22-10-8-21(3)9-11-22)17(23)24-20(16)15(13)6-7-19(2)18(20)25-19/h13-16,18H,4-12H2,1-3H3/p+2/t13-,14+,15+,16+,18-,19-,20-/m1/s1. The molecule has 5 rings (SSSR count). The van der Waals surface area contributed by atoms with Gasteiger partial charge in [-0.1, -0.05) is 6.92 Å². The summed E-state index contributed by atoms with van der Waals surface area (Å²) in [7, 11) is 2.27. The van der Waals surface area contributed by atoms with Gasteiger partial charge in [0, 0.05) is 11.8 Å². The predicted molar refractivity (Wildman–Crippen MR) is 92.4 cm³/mol. The van der Waals surface area contributed by atoms with E-state index in [2.05, 4.69) is 20.9 Å². The minimum absolute atomic E-state index is 0.0228. The Bertz CT molecular complexity index is 575. The van der Waals surface area contributed by atoms with Crippen molar-refractivity contribution >= 4 is 5.97 Å². The summed E-state index contributed by atoms with van der Waals surface area (Å²) in [6.07, 6.45) is 4.84. The second-order valence-electron chi connectivity index (χ2n) is 9.91. The minimum atomic E-state index is -0.302. The Balaban J connectivity index is 1.41. The zero-order valence-corrected chi connectivity index (χ0v) is 16.0. The third-order valence-electron chi connectivity index (χ3n) is 8.41. The molecule has 0 radical (unpaired) electrons. The van der Waals surface area contributed by atoms with Crippen molar-refractivity contribution in [2.75, 3.05) is 39.8 Å². The summed E-state index contributed by atoms with van der Waals surface area (Å²) in [6.45, 7) is 10.4. The molecule has 5 aliphatic rings. The van der Waals surface area contributed by atoms with Gasteiger partial charge in [0.15, 0.2) is 0 Å². The fourth-order valence-electron chi connectivity index (χ4n) is 6.83. The van der Waals surface area contributed by atoms with E-state index in [-0.39, 0.29) is 29.2 Å². The van der Waals surface area contributed by atoms with E-state index in [4.69, 9.17) is 9.47 Å². The second kappa shape index (κ2) is 5.43. The highest BCUT2D eigenvalue weighted by Crippen LogP contribution is 2.66. The fraction of sp³-hybridized carbons (Fsp3) is 0.950. The van der Waals surface area contributed by atoms with E-state index >= 15 is 0 Å². The molecule has 0 amide bonds. The Morgan fingerprint density at radius 3 is 2.64 bits per heavy atom. The lowest BCUT2D eigenvalue weighted by Crippen LogP contribution is -3.27. The van der Waals surface area contributed by atoms with Gasteiger partial charge in [-0.05, 0) is 38.5 Å². The highest BCUT2D eigenvalue weighted by molar-refractivity contribution is 5.77. The molecule has 3 heterocycles. The molecule has 1 spiro atoms. The van der Waals surface area contributed by atoms with Gasteiger partial charge in [0.2, 0.25) is 0 Å². The number of carbonyl (C=O) groups excluding carboxylic acids is 1. The first-order chi connectivity index (χ1) is 11.9. The molecular formula is C20H34N2O3+2. The van der Waals surface area contributed by atoms with Crippen LogP contribution in [0.2, 0.25) is 0 Å². The number of epoxide rings is 1. The molecule has 5 fully saturated rings. The summed E-state index contributed by atoms with van der Waals surface area (Å²) in [4.78, 5) is 16.2. The van der Waals surface area contributed by atoms with Gasteiger partial charge < -0.3 is 19.3 Å². The van der Waals surface area contributed by atoms with Gasteiger partial charge >= 0.3 is 5.97 Å². The molecule has 0 unspecified atom stereocenters. The number of hydrogen-bond donors (Lipinski definition) is 2. The zero-order valence-electron chi connectivity index (χ0n) is 16.0. The molecule has 0 aromatic carbocycles. The normalized spacial score (nSPS) is 57.2. The monoisotopic (exact) mass is 350 g/mol. The number of rotatable bonds is 2. The SMILES string of the molecule is C[C@@H]1CC[C@H]2[C@H](C[NH+]3CC[NH+](C)CC3)C(=O)O[C@]23[C@H]1CC[C@@]1(C)O[C@@H]31. The van der Waals surface area contributed by atoms with Crippen molar-refractivity contribution in [2.45, 2.75) is 56.8 Å². The summed E-state index contributed by atoms with van der Waals surface area (Å²) in [5.74, 6) is 1.72. The zero-order chi connectivity index (χ0) is 17.4. The number of ether oxygens (including phenoxy) is 2. The first-order valence-electron chi connectivity index (χ1n) is 10.5. The van der Waals surface area contributed by atoms with Crippen molar-refractivity contribution in [3.63, 3.8) is 0 Å². The van der Waals surface area contributed by atoms with E-state index in [1.54, 1.807) is 9.80 Å². The molecule has 7 atom stereocenters. The molecule has 2 N–H and O–H groups in total. The van der Waals surface area contributed by atoms with E-state index in [0.29, 0.717) is 17.8 Å². The lowest BCUT2D eigenvalue weighted by Gasteiger charge is -2.50. The predicted octanol–water partition coefficient (Wildman–Crippen LogP) is -1.07. The molecule has 5 nitrogen and oxygen atoms in total. The van der Waals surface area contributed by atoms with Crippen molar-refractivity contribution < 1.29 is 24.1 Å². The Morgan fingerprint density at radius 2 is 1.88 bits per heavy atom. The topological polar surface area (TPSA) is 47.7 Å². The third kappa shape index (κ3) is 2.28. The maximum atomic E-state index is 13.0. The van der Waals surface area contributed by atoms with Crippen LogP contribution >= 0.6 is 0 Å². The van der Waals surface area contributed by atoms with Crippen molar-refractivity contribution in [3.05, 3.63) is 0 Å². The number of esters is 1. The molecule has 3 aliphatic heterocycles. The van der Waals surface area contributed by atoms with Gasteiger partial charge in [-0.25, -0.2) is 0 Å². The number of hydrogen-bond acceptors (Lipinski definition) is 3. The maximum Gasteiger partial charge on any atom is 0.315 e. The summed E-state index contributed by atoms with van der Waals surface area (Å²) < 4.78 is 12.5. The molecule has 0 aromatic heterocycles. The van der Waals surface area contributed by atoms with Crippen LogP contribution in [-0.2, 0) is 14.3 Å². The summed E-state index contributed by atoms with van der Waals surface area (Å²) in [5.41, 5.74) is -0.325. The number of fused-ring (bicyclic) bond motifs is 1. The molecule has 2 saturated carbocycles. The average molecular weight is 351 g/mol. The van der Waals surface area contributed by atoms with Crippen LogP contribution in [0.25, 0.3) is 0 Å². The Hall–Kier alpha value is -0.650. The number of piperazine rings is 1. The van der Waals surface area contributed by atoms with Crippen LogP contribution in [0.5, 0.6) is 0 Å². The van der Waals surface area contributed by atoms with Crippen molar-refractivity contribution in [1.82, 2.24) is 0 Å². The van der Waals surface area contributed by atoms with Crippen LogP contribution in [0, 0.1) is 23.7 Å². The quantitative estimate of drug-likeness (QED) is 0.492. The minimum Gasteiger partial charge on any atom is -0.455 e. The van der Waals surface area contributed by atoms with Crippen LogP contribution in [0.4, 0.5) is 0 Å². The fourth-order valence-corrected chi connectivity index (χ4v) is 6.83. The Morgan fingerprint density at radius 1 is 1.12 bits per heavy atom. The number of nitrogens with one attached hydrogen (secondary N) is 2. The number of carbonyl (C=O) groups is 1. The summed E-state index contributed by atoms with van der Waals surface area (Å²) in [6, 6.07) is 0.